The van der Waals surface area contributed by atoms with E-state index in [4.69, 9.17) is 0 Å². The van der Waals surface area contributed by atoms with E-state index in [2.05, 4.69) is 21.3 Å². The molecule has 0 atom stereocenters. The molecule has 5 heteroatoms. The number of hydrogen-bond donors (Lipinski definition) is 0. The molecule has 0 aromatic carbocycles. The van der Waals surface area contributed by atoms with Crippen LogP contribution in [-0.4, -0.2) is 86.2 Å². The highest BCUT2D eigenvalue weighted by atomic mass is 16.1. The smallest absolute Gasteiger partial charge is 0.133 e. The van der Waals surface area contributed by atoms with Gasteiger partial charge in [0.05, 0.1) is 13.1 Å². The third kappa shape index (κ3) is 5.53. The summed E-state index contributed by atoms with van der Waals surface area (Å²) in [5.74, 6) is 0. The molecular weight excluding hydrogens is 230 g/mol. The van der Waals surface area contributed by atoms with Gasteiger partial charge in [-0.15, -0.1) is 6.58 Å². The van der Waals surface area contributed by atoms with E-state index in [1.807, 2.05) is 6.08 Å². The maximum absolute atomic E-state index is 10.6. The molecule has 0 spiro atoms. The molecule has 1 rings (SSSR count). The van der Waals surface area contributed by atoms with E-state index < -0.39 is 0 Å². The van der Waals surface area contributed by atoms with Crippen molar-refractivity contribution in [2.45, 2.75) is 0 Å². The van der Waals surface area contributed by atoms with Gasteiger partial charge in [-0.3, -0.25) is 14.7 Å². The van der Waals surface area contributed by atoms with Gasteiger partial charge >= 0.3 is 0 Å². The van der Waals surface area contributed by atoms with Crippen molar-refractivity contribution in [1.82, 2.24) is 14.7 Å². The first-order valence-electron chi connectivity index (χ1n) is 6.45. The quantitative estimate of drug-likeness (QED) is 0.471. The SMILES string of the molecule is C=CCN1CCN(CC=O)CCN(CC=O)CC1. The summed E-state index contributed by atoms with van der Waals surface area (Å²) in [7, 11) is 0. The van der Waals surface area contributed by atoms with E-state index in [-0.39, 0.29) is 0 Å². The summed E-state index contributed by atoms with van der Waals surface area (Å²) < 4.78 is 0. The summed E-state index contributed by atoms with van der Waals surface area (Å²) in [6.07, 6.45) is 3.78. The van der Waals surface area contributed by atoms with Crippen LogP contribution in [0.3, 0.4) is 0 Å². The molecule has 0 aromatic rings. The number of hydrogen-bond acceptors (Lipinski definition) is 5. The highest BCUT2D eigenvalue weighted by Crippen LogP contribution is 1.99. The number of carbonyl (C=O) groups excluding carboxylic acids is 2. The van der Waals surface area contributed by atoms with Crippen LogP contribution in [-0.2, 0) is 9.59 Å². The average molecular weight is 253 g/mol. The maximum Gasteiger partial charge on any atom is 0.133 e. The van der Waals surface area contributed by atoms with Crippen molar-refractivity contribution >= 4 is 12.6 Å². The summed E-state index contributed by atoms with van der Waals surface area (Å²) in [4.78, 5) is 27.8. The fourth-order valence-electron chi connectivity index (χ4n) is 2.13. The first kappa shape index (κ1) is 15.0. The highest BCUT2D eigenvalue weighted by Gasteiger charge is 2.14. The molecule has 0 amide bonds. The van der Waals surface area contributed by atoms with Crippen LogP contribution < -0.4 is 0 Å². The second-order valence-corrected chi connectivity index (χ2v) is 4.52. The Kier molecular flexibility index (Phi) is 7.48. The van der Waals surface area contributed by atoms with Crippen LogP contribution in [0.4, 0.5) is 0 Å². The summed E-state index contributed by atoms with van der Waals surface area (Å²) in [6.45, 7) is 10.9. The Morgan fingerprint density at radius 2 is 1.06 bits per heavy atom. The number of carbonyl (C=O) groups is 2. The molecule has 0 aromatic heterocycles. The second-order valence-electron chi connectivity index (χ2n) is 4.52. The van der Waals surface area contributed by atoms with Crippen molar-refractivity contribution < 1.29 is 9.59 Å². The van der Waals surface area contributed by atoms with E-state index in [1.165, 1.54) is 0 Å². The Labute approximate surface area is 109 Å². The van der Waals surface area contributed by atoms with E-state index in [1.54, 1.807) is 0 Å². The van der Waals surface area contributed by atoms with Crippen molar-refractivity contribution in [3.05, 3.63) is 12.7 Å². The molecule has 1 aliphatic rings. The van der Waals surface area contributed by atoms with Crippen molar-refractivity contribution in [2.75, 3.05) is 58.9 Å². The van der Waals surface area contributed by atoms with Gasteiger partial charge in [-0.25, -0.2) is 0 Å². The molecule has 18 heavy (non-hydrogen) atoms. The minimum atomic E-state index is 0.469. The van der Waals surface area contributed by atoms with E-state index in [0.29, 0.717) is 13.1 Å². The monoisotopic (exact) mass is 253 g/mol. The van der Waals surface area contributed by atoms with Crippen LogP contribution in [0.1, 0.15) is 0 Å². The third-order valence-corrected chi connectivity index (χ3v) is 3.25. The lowest BCUT2D eigenvalue weighted by molar-refractivity contribution is -0.110. The van der Waals surface area contributed by atoms with Gasteiger partial charge in [-0.2, -0.15) is 0 Å². The van der Waals surface area contributed by atoms with Gasteiger partial charge in [-0.1, -0.05) is 6.08 Å². The molecule has 1 heterocycles. The van der Waals surface area contributed by atoms with E-state index in [0.717, 1.165) is 58.4 Å². The zero-order valence-corrected chi connectivity index (χ0v) is 11.0. The van der Waals surface area contributed by atoms with Crippen LogP contribution in [0.15, 0.2) is 12.7 Å². The summed E-state index contributed by atoms with van der Waals surface area (Å²) in [6, 6.07) is 0. The molecule has 0 bridgehead atoms. The number of rotatable bonds is 6. The van der Waals surface area contributed by atoms with Crippen molar-refractivity contribution in [1.29, 1.82) is 0 Å². The van der Waals surface area contributed by atoms with Crippen LogP contribution in [0.5, 0.6) is 0 Å². The highest BCUT2D eigenvalue weighted by molar-refractivity contribution is 5.52. The van der Waals surface area contributed by atoms with Gasteiger partial charge in [0.2, 0.25) is 0 Å². The molecule has 1 fully saturated rings. The minimum Gasteiger partial charge on any atom is -0.302 e. The van der Waals surface area contributed by atoms with Crippen LogP contribution in [0, 0.1) is 0 Å². The zero-order chi connectivity index (χ0) is 13.2. The van der Waals surface area contributed by atoms with E-state index >= 15 is 0 Å². The lowest BCUT2D eigenvalue weighted by Crippen LogP contribution is -2.37. The number of aldehydes is 2. The molecule has 0 radical (unpaired) electrons. The molecule has 0 aliphatic carbocycles. The predicted octanol–water partition coefficient (Wildman–Crippen LogP) is -0.510. The standard InChI is InChI=1S/C13H23N3O2/c1-2-3-14-4-6-15(10-12-17)8-9-16(7-5-14)11-13-18/h2,12-13H,1,3-11H2. The van der Waals surface area contributed by atoms with E-state index in [9.17, 15) is 9.59 Å². The molecular formula is C13H23N3O2. The largest absolute Gasteiger partial charge is 0.302 e. The van der Waals surface area contributed by atoms with Gasteiger partial charge in [0.1, 0.15) is 12.6 Å². The third-order valence-electron chi connectivity index (χ3n) is 3.25. The van der Waals surface area contributed by atoms with Crippen molar-refractivity contribution in [3.63, 3.8) is 0 Å². The predicted molar refractivity (Wildman–Crippen MR) is 71.6 cm³/mol. The maximum atomic E-state index is 10.6. The Balaban J connectivity index is 2.57. The zero-order valence-electron chi connectivity index (χ0n) is 11.0. The second kappa shape index (κ2) is 8.97. The molecule has 1 saturated heterocycles. The Hall–Kier alpha value is -1.04. The molecule has 0 saturated carbocycles. The minimum absolute atomic E-state index is 0.469. The van der Waals surface area contributed by atoms with Crippen molar-refractivity contribution in [2.24, 2.45) is 0 Å². The Morgan fingerprint density at radius 3 is 1.33 bits per heavy atom. The molecule has 5 nitrogen and oxygen atoms in total. The molecule has 0 unspecified atom stereocenters. The van der Waals surface area contributed by atoms with Gasteiger partial charge in [-0.05, 0) is 0 Å². The number of nitrogens with zero attached hydrogens (tertiary/aromatic N) is 3. The van der Waals surface area contributed by atoms with Gasteiger partial charge < -0.3 is 9.59 Å². The normalized spacial score (nSPS) is 20.7. The van der Waals surface area contributed by atoms with Crippen LogP contribution in [0.2, 0.25) is 0 Å². The summed E-state index contributed by atoms with van der Waals surface area (Å²) in [5.41, 5.74) is 0. The lowest BCUT2D eigenvalue weighted by Gasteiger charge is -2.23. The lowest BCUT2D eigenvalue weighted by atomic mass is 10.4. The Morgan fingerprint density at radius 1 is 0.722 bits per heavy atom. The van der Waals surface area contributed by atoms with Crippen molar-refractivity contribution in [3.8, 4) is 0 Å². The van der Waals surface area contributed by atoms with Crippen LogP contribution >= 0.6 is 0 Å². The molecule has 1 aliphatic heterocycles. The van der Waals surface area contributed by atoms with Gasteiger partial charge in [0.15, 0.2) is 0 Å². The first-order chi connectivity index (χ1) is 8.80. The molecule has 0 N–H and O–H groups in total. The summed E-state index contributed by atoms with van der Waals surface area (Å²) >= 11 is 0. The summed E-state index contributed by atoms with van der Waals surface area (Å²) in [5, 5.41) is 0. The fraction of sp³-hybridized carbons (Fsp3) is 0.692. The first-order valence-corrected chi connectivity index (χ1v) is 6.45. The Bertz CT molecular complexity index is 216. The molecule has 102 valence electrons. The average Bonchev–Trinajstić information content (AvgIpc) is 2.45. The van der Waals surface area contributed by atoms with Gasteiger partial charge in [0.25, 0.3) is 0 Å². The van der Waals surface area contributed by atoms with Gasteiger partial charge in [0, 0.05) is 45.8 Å². The van der Waals surface area contributed by atoms with Crippen LogP contribution in [0.25, 0.3) is 0 Å². The topological polar surface area (TPSA) is 43.9 Å². The fourth-order valence-corrected chi connectivity index (χ4v) is 2.13.